The second-order valence-electron chi connectivity index (χ2n) is 5.05. The molecular formula is C15H24N2O4. The molecule has 6 nitrogen and oxygen atoms in total. The topological polar surface area (TPSA) is 74.0 Å². The zero-order valence-corrected chi connectivity index (χ0v) is 13.5. The average molecular weight is 296 g/mol. The van der Waals surface area contributed by atoms with E-state index in [1.54, 1.807) is 19.2 Å². The van der Waals surface area contributed by atoms with Crippen molar-refractivity contribution in [3.63, 3.8) is 0 Å². The van der Waals surface area contributed by atoms with Crippen molar-refractivity contribution in [2.24, 2.45) is 11.7 Å². The molecule has 1 aromatic carbocycles. The molecule has 0 aliphatic heterocycles. The van der Waals surface area contributed by atoms with Gasteiger partial charge in [0.1, 0.15) is 0 Å². The molecule has 1 atom stereocenters. The Morgan fingerprint density at radius 2 is 1.57 bits per heavy atom. The first-order valence-electron chi connectivity index (χ1n) is 6.70. The molecule has 0 aliphatic rings. The van der Waals surface area contributed by atoms with Crippen molar-refractivity contribution in [3.05, 3.63) is 12.1 Å². The van der Waals surface area contributed by atoms with Crippen molar-refractivity contribution >= 4 is 11.6 Å². The van der Waals surface area contributed by atoms with Crippen molar-refractivity contribution in [1.82, 2.24) is 0 Å². The summed E-state index contributed by atoms with van der Waals surface area (Å²) in [5.74, 6) is 1.35. The minimum absolute atomic E-state index is 0.0574. The van der Waals surface area contributed by atoms with Crippen LogP contribution in [0.4, 0.5) is 5.69 Å². The van der Waals surface area contributed by atoms with Crippen molar-refractivity contribution < 1.29 is 19.0 Å². The van der Waals surface area contributed by atoms with Crippen molar-refractivity contribution in [1.29, 1.82) is 0 Å². The second-order valence-corrected chi connectivity index (χ2v) is 5.05. The van der Waals surface area contributed by atoms with Gasteiger partial charge in [0, 0.05) is 19.2 Å². The molecule has 0 heterocycles. The van der Waals surface area contributed by atoms with Crippen molar-refractivity contribution in [3.8, 4) is 17.2 Å². The summed E-state index contributed by atoms with van der Waals surface area (Å²) in [4.78, 5) is 13.8. The van der Waals surface area contributed by atoms with Crippen molar-refractivity contribution in [2.75, 3.05) is 33.3 Å². The zero-order valence-electron chi connectivity index (χ0n) is 13.5. The number of methoxy groups -OCH3 is 3. The number of hydrogen-bond donors (Lipinski definition) is 1. The summed E-state index contributed by atoms with van der Waals surface area (Å²) < 4.78 is 15.8. The van der Waals surface area contributed by atoms with Crippen LogP contribution in [0.3, 0.4) is 0 Å². The summed E-state index contributed by atoms with van der Waals surface area (Å²) in [6.45, 7) is 3.82. The molecule has 0 unspecified atom stereocenters. The Kier molecular flexibility index (Phi) is 5.84. The van der Waals surface area contributed by atoms with E-state index in [2.05, 4.69) is 0 Å². The van der Waals surface area contributed by atoms with Gasteiger partial charge < -0.3 is 24.8 Å². The van der Waals surface area contributed by atoms with Gasteiger partial charge in [-0.2, -0.15) is 0 Å². The lowest BCUT2D eigenvalue weighted by Gasteiger charge is -2.25. The molecule has 0 fully saturated rings. The number of carbonyl (C=O) groups excluding carboxylic acids is 1. The number of hydrogen-bond acceptors (Lipinski definition) is 5. The normalized spacial score (nSPS) is 12.0. The van der Waals surface area contributed by atoms with Crippen LogP contribution in [0.1, 0.15) is 13.8 Å². The Morgan fingerprint density at radius 1 is 1.10 bits per heavy atom. The molecule has 0 bridgehead atoms. The Balaban J connectivity index is 3.21. The number of rotatable bonds is 6. The second kappa shape index (κ2) is 7.17. The molecule has 0 radical (unpaired) electrons. The van der Waals surface area contributed by atoms with E-state index in [9.17, 15) is 4.79 Å². The summed E-state index contributed by atoms with van der Waals surface area (Å²) >= 11 is 0. The molecule has 1 amide bonds. The van der Waals surface area contributed by atoms with Gasteiger partial charge in [0.2, 0.25) is 11.7 Å². The van der Waals surface area contributed by atoms with Gasteiger partial charge >= 0.3 is 0 Å². The fraction of sp³-hybridized carbons (Fsp3) is 0.533. The SMILES string of the molecule is COc1cc(N(C)C(=O)[C@@H](N)C(C)C)cc(OC)c1OC. The highest BCUT2D eigenvalue weighted by Crippen LogP contribution is 2.40. The van der Waals surface area contributed by atoms with Gasteiger partial charge in [-0.1, -0.05) is 13.8 Å². The molecule has 0 spiro atoms. The highest BCUT2D eigenvalue weighted by molar-refractivity contribution is 5.97. The van der Waals surface area contributed by atoms with Gasteiger partial charge in [-0.25, -0.2) is 0 Å². The summed E-state index contributed by atoms with van der Waals surface area (Å²) in [5.41, 5.74) is 6.55. The maximum Gasteiger partial charge on any atom is 0.243 e. The van der Waals surface area contributed by atoms with Crippen LogP contribution in [0.5, 0.6) is 17.2 Å². The highest BCUT2D eigenvalue weighted by Gasteiger charge is 2.24. The third kappa shape index (κ3) is 3.58. The van der Waals surface area contributed by atoms with E-state index in [0.717, 1.165) is 0 Å². The summed E-state index contributed by atoms with van der Waals surface area (Å²) in [5, 5.41) is 0. The van der Waals surface area contributed by atoms with Crippen LogP contribution in [0.25, 0.3) is 0 Å². The van der Waals surface area contributed by atoms with E-state index in [1.807, 2.05) is 13.8 Å². The van der Waals surface area contributed by atoms with E-state index in [0.29, 0.717) is 22.9 Å². The summed E-state index contributed by atoms with van der Waals surface area (Å²) in [7, 11) is 6.26. The third-order valence-electron chi connectivity index (χ3n) is 3.37. The van der Waals surface area contributed by atoms with Crippen LogP contribution in [0.15, 0.2) is 12.1 Å². The smallest absolute Gasteiger partial charge is 0.243 e. The van der Waals surface area contributed by atoms with Crippen LogP contribution < -0.4 is 24.8 Å². The number of carbonyl (C=O) groups is 1. The van der Waals surface area contributed by atoms with Gasteiger partial charge in [0.15, 0.2) is 11.5 Å². The first-order chi connectivity index (χ1) is 9.87. The molecule has 0 aromatic heterocycles. The lowest BCUT2D eigenvalue weighted by molar-refractivity contribution is -0.120. The van der Waals surface area contributed by atoms with Gasteiger partial charge in [-0.3, -0.25) is 4.79 Å². The summed E-state index contributed by atoms with van der Waals surface area (Å²) in [6, 6.07) is 2.87. The molecule has 21 heavy (non-hydrogen) atoms. The minimum Gasteiger partial charge on any atom is -0.493 e. The standard InChI is InChI=1S/C15H24N2O4/c1-9(2)13(16)15(18)17(3)10-7-11(19-4)14(21-6)12(8-10)20-5/h7-9,13H,16H2,1-6H3/t13-/m0/s1. The Morgan fingerprint density at radius 3 is 1.90 bits per heavy atom. The van der Waals surface area contributed by atoms with E-state index in [1.165, 1.54) is 26.2 Å². The first kappa shape index (κ1) is 17.1. The molecule has 2 N–H and O–H groups in total. The van der Waals surface area contributed by atoms with Crippen molar-refractivity contribution in [2.45, 2.75) is 19.9 Å². The number of ether oxygens (including phenoxy) is 3. The highest BCUT2D eigenvalue weighted by atomic mass is 16.5. The number of anilines is 1. The predicted octanol–water partition coefficient (Wildman–Crippen LogP) is 1.66. The fourth-order valence-electron chi connectivity index (χ4n) is 1.90. The lowest BCUT2D eigenvalue weighted by atomic mass is 10.0. The monoisotopic (exact) mass is 296 g/mol. The third-order valence-corrected chi connectivity index (χ3v) is 3.37. The molecule has 1 aromatic rings. The number of benzene rings is 1. The number of nitrogens with zero attached hydrogens (tertiary/aromatic N) is 1. The maximum atomic E-state index is 12.3. The quantitative estimate of drug-likeness (QED) is 0.864. The number of nitrogens with two attached hydrogens (primary N) is 1. The van der Waals surface area contributed by atoms with Crippen LogP contribution in [0.2, 0.25) is 0 Å². The van der Waals surface area contributed by atoms with E-state index < -0.39 is 6.04 Å². The molecule has 0 saturated heterocycles. The molecule has 1 rings (SSSR count). The van der Waals surface area contributed by atoms with Gasteiger partial charge in [-0.05, 0) is 5.92 Å². The van der Waals surface area contributed by atoms with Crippen LogP contribution >= 0.6 is 0 Å². The predicted molar refractivity (Wildman–Crippen MR) is 82.3 cm³/mol. The number of amides is 1. The van der Waals surface area contributed by atoms with Crippen LogP contribution in [0, 0.1) is 5.92 Å². The van der Waals surface area contributed by atoms with E-state index in [-0.39, 0.29) is 11.8 Å². The molecule has 118 valence electrons. The number of likely N-dealkylation sites (N-methyl/N-ethyl adjacent to an activating group) is 1. The Hall–Kier alpha value is -1.95. The largest absolute Gasteiger partial charge is 0.493 e. The molecule has 0 aliphatic carbocycles. The molecule has 0 saturated carbocycles. The Labute approximate surface area is 125 Å². The van der Waals surface area contributed by atoms with Crippen LogP contribution in [-0.4, -0.2) is 40.3 Å². The fourth-order valence-corrected chi connectivity index (χ4v) is 1.90. The zero-order chi connectivity index (χ0) is 16.2. The minimum atomic E-state index is -0.561. The van der Waals surface area contributed by atoms with Gasteiger partial charge in [0.25, 0.3) is 0 Å². The van der Waals surface area contributed by atoms with E-state index in [4.69, 9.17) is 19.9 Å². The van der Waals surface area contributed by atoms with E-state index >= 15 is 0 Å². The first-order valence-corrected chi connectivity index (χ1v) is 6.70. The Bertz CT molecular complexity index is 477. The van der Waals surface area contributed by atoms with Gasteiger partial charge in [0.05, 0.1) is 33.1 Å². The van der Waals surface area contributed by atoms with Gasteiger partial charge in [-0.15, -0.1) is 0 Å². The molecule has 6 heteroatoms. The maximum absolute atomic E-state index is 12.3. The average Bonchev–Trinajstić information content (AvgIpc) is 2.50. The van der Waals surface area contributed by atoms with Crippen LogP contribution in [-0.2, 0) is 4.79 Å². The molecular weight excluding hydrogens is 272 g/mol. The summed E-state index contributed by atoms with van der Waals surface area (Å²) in [6.07, 6.45) is 0. The lowest BCUT2D eigenvalue weighted by Crippen LogP contribution is -2.45.